The van der Waals surface area contributed by atoms with Crippen LogP contribution in [0.2, 0.25) is 0 Å². The lowest BCUT2D eigenvalue weighted by Crippen LogP contribution is -2.54. The number of thioether (sulfide) groups is 1. The van der Waals surface area contributed by atoms with Gasteiger partial charge in [0.2, 0.25) is 5.91 Å². The van der Waals surface area contributed by atoms with Crippen LogP contribution in [-0.4, -0.2) is 68.3 Å². The third-order valence-corrected chi connectivity index (χ3v) is 8.85. The number of pyridine rings is 2. The quantitative estimate of drug-likeness (QED) is 0.328. The zero-order chi connectivity index (χ0) is 30.4. The summed E-state index contributed by atoms with van der Waals surface area (Å²) in [5, 5.41) is 3.54. The molecule has 3 aromatic heterocycles. The summed E-state index contributed by atoms with van der Waals surface area (Å²) in [7, 11) is 0. The normalized spacial score (nSPS) is 16.7. The summed E-state index contributed by atoms with van der Waals surface area (Å²) < 4.78 is 32.9. The van der Waals surface area contributed by atoms with E-state index in [-0.39, 0.29) is 40.6 Å². The Morgan fingerprint density at radius 3 is 2.74 bits per heavy atom. The molecule has 222 valence electrons. The van der Waals surface area contributed by atoms with Crippen molar-refractivity contribution in [3.8, 4) is 16.9 Å². The summed E-state index contributed by atoms with van der Waals surface area (Å²) in [6.07, 6.45) is 2.99. The van der Waals surface area contributed by atoms with Crippen molar-refractivity contribution >= 4 is 40.2 Å². The number of hydrogen-bond donors (Lipinski definition) is 1. The number of benzene rings is 1. The number of hydrogen-bond acceptors (Lipinski definition) is 8. The maximum atomic E-state index is 16.1. The minimum absolute atomic E-state index is 0.00903. The summed E-state index contributed by atoms with van der Waals surface area (Å²) in [6.45, 7) is 11.0. The lowest BCUT2D eigenvalue weighted by molar-refractivity contribution is -0.126. The summed E-state index contributed by atoms with van der Waals surface area (Å²) in [6, 6.07) is 7.40. The van der Waals surface area contributed by atoms with E-state index in [9.17, 15) is 9.59 Å². The van der Waals surface area contributed by atoms with Crippen LogP contribution in [0, 0.1) is 11.6 Å². The Morgan fingerprint density at radius 2 is 2.00 bits per heavy atom. The molecule has 5 heterocycles. The van der Waals surface area contributed by atoms with E-state index in [4.69, 9.17) is 4.98 Å². The molecule has 1 N–H and O–H groups in total. The predicted octanol–water partition coefficient (Wildman–Crippen LogP) is 4.99. The Balaban J connectivity index is 1.68. The molecule has 0 saturated carbocycles. The van der Waals surface area contributed by atoms with E-state index in [1.165, 1.54) is 34.5 Å². The lowest BCUT2D eigenvalue weighted by Gasteiger charge is -2.40. The summed E-state index contributed by atoms with van der Waals surface area (Å²) in [5.74, 6) is -0.777. The number of piperazine rings is 1. The van der Waals surface area contributed by atoms with Crippen LogP contribution >= 0.6 is 11.8 Å². The second-order valence-corrected chi connectivity index (χ2v) is 12.0. The van der Waals surface area contributed by atoms with Crippen LogP contribution in [0.3, 0.4) is 0 Å². The zero-order valence-electron chi connectivity index (χ0n) is 24.1. The van der Waals surface area contributed by atoms with Gasteiger partial charge in [0.15, 0.2) is 11.5 Å². The Kier molecular flexibility index (Phi) is 7.63. The van der Waals surface area contributed by atoms with E-state index in [1.807, 2.05) is 31.7 Å². The van der Waals surface area contributed by atoms with Crippen LogP contribution in [0.25, 0.3) is 28.0 Å². The zero-order valence-corrected chi connectivity index (χ0v) is 24.9. The molecule has 2 bridgehead atoms. The number of halogens is 2. The molecule has 1 amide bonds. The highest BCUT2D eigenvalue weighted by Crippen LogP contribution is 2.38. The molecule has 1 unspecified atom stereocenters. The van der Waals surface area contributed by atoms with Crippen LogP contribution in [0.5, 0.6) is 0 Å². The van der Waals surface area contributed by atoms with E-state index >= 15 is 8.78 Å². The van der Waals surface area contributed by atoms with Gasteiger partial charge in [-0.15, -0.1) is 11.8 Å². The summed E-state index contributed by atoms with van der Waals surface area (Å²) >= 11 is 1.53. The highest BCUT2D eigenvalue weighted by atomic mass is 32.2. The van der Waals surface area contributed by atoms with E-state index in [2.05, 4.69) is 21.9 Å². The number of anilines is 2. The fourth-order valence-corrected chi connectivity index (χ4v) is 6.69. The van der Waals surface area contributed by atoms with Gasteiger partial charge in [0.05, 0.1) is 22.3 Å². The minimum Gasteiger partial charge on any atom is -0.384 e. The molecule has 4 aromatic rings. The molecule has 0 aliphatic carbocycles. The SMILES string of the molecule is C=CC(=O)N1CCN(c2nc(=O)n3c4nc(c(F)cc24)-c2c(F)cccc2NCCSc2ccnc(C(C)C)c2-3)C(C)C1. The van der Waals surface area contributed by atoms with Crippen molar-refractivity contribution in [1.82, 2.24) is 24.4 Å². The van der Waals surface area contributed by atoms with Crippen molar-refractivity contribution in [2.24, 2.45) is 0 Å². The molecule has 6 rings (SSSR count). The van der Waals surface area contributed by atoms with Gasteiger partial charge in [-0.05, 0) is 43.2 Å². The van der Waals surface area contributed by atoms with E-state index < -0.39 is 17.3 Å². The van der Waals surface area contributed by atoms with Crippen molar-refractivity contribution < 1.29 is 13.6 Å². The van der Waals surface area contributed by atoms with Gasteiger partial charge >= 0.3 is 5.69 Å². The number of fused-ring (bicyclic) bond motifs is 5. The molecular weight excluding hydrogens is 572 g/mol. The molecule has 1 aromatic carbocycles. The van der Waals surface area contributed by atoms with Crippen molar-refractivity contribution in [2.75, 3.05) is 42.1 Å². The first-order chi connectivity index (χ1) is 20.7. The Morgan fingerprint density at radius 1 is 1.19 bits per heavy atom. The second kappa shape index (κ2) is 11.4. The minimum atomic E-state index is -0.746. The standard InChI is InChI=1S/C31H31F2N7O2S/c1-5-24(41)38-12-13-39(18(4)16-38)29-19-15-21(33)27-25-20(32)7-6-8-22(25)34-11-14-43-23-9-10-35-26(17(2)3)28(23)40(30(19)36-27)31(42)37-29/h5-10,15,17-18,34H,1,11-14,16H2,2-4H3. The molecule has 0 spiro atoms. The van der Waals surface area contributed by atoms with Gasteiger partial charge in [-0.25, -0.2) is 23.1 Å². The summed E-state index contributed by atoms with van der Waals surface area (Å²) in [5.41, 5.74) is 0.926. The van der Waals surface area contributed by atoms with Gasteiger partial charge in [0.25, 0.3) is 0 Å². The van der Waals surface area contributed by atoms with Crippen molar-refractivity contribution in [3.63, 3.8) is 0 Å². The van der Waals surface area contributed by atoms with Crippen LogP contribution < -0.4 is 15.9 Å². The van der Waals surface area contributed by atoms with E-state index in [0.29, 0.717) is 54.4 Å². The third kappa shape index (κ3) is 5.03. The first-order valence-corrected chi connectivity index (χ1v) is 15.1. The fraction of sp³-hybridized carbons (Fsp3) is 0.323. The summed E-state index contributed by atoms with van der Waals surface area (Å²) in [4.78, 5) is 44.6. The average molecular weight is 604 g/mol. The molecule has 9 nitrogen and oxygen atoms in total. The lowest BCUT2D eigenvalue weighted by atomic mass is 10.1. The smallest absolute Gasteiger partial charge is 0.355 e. The van der Waals surface area contributed by atoms with Gasteiger partial charge in [-0.3, -0.25) is 9.78 Å². The second-order valence-electron chi connectivity index (χ2n) is 10.9. The number of nitrogens with one attached hydrogen (secondary N) is 1. The number of carbonyl (C=O) groups is 1. The van der Waals surface area contributed by atoms with Gasteiger partial charge < -0.3 is 15.1 Å². The van der Waals surface area contributed by atoms with E-state index in [0.717, 1.165) is 4.90 Å². The van der Waals surface area contributed by atoms with Crippen LogP contribution in [0.15, 0.2) is 58.9 Å². The van der Waals surface area contributed by atoms with Gasteiger partial charge in [-0.2, -0.15) is 4.98 Å². The number of carbonyl (C=O) groups excluding carboxylic acids is 1. The molecule has 12 heteroatoms. The van der Waals surface area contributed by atoms with E-state index in [1.54, 1.807) is 23.2 Å². The molecule has 1 fully saturated rings. The largest absolute Gasteiger partial charge is 0.384 e. The average Bonchev–Trinajstić information content (AvgIpc) is 2.98. The van der Waals surface area contributed by atoms with Gasteiger partial charge in [0.1, 0.15) is 17.3 Å². The highest BCUT2D eigenvalue weighted by Gasteiger charge is 2.31. The maximum Gasteiger partial charge on any atom is 0.355 e. The van der Waals surface area contributed by atoms with Crippen molar-refractivity contribution in [2.45, 2.75) is 37.6 Å². The third-order valence-electron chi connectivity index (χ3n) is 7.80. The number of amides is 1. The molecule has 2 aliphatic heterocycles. The molecule has 0 radical (unpaired) electrons. The molecule has 1 saturated heterocycles. The monoisotopic (exact) mass is 603 g/mol. The molecule has 43 heavy (non-hydrogen) atoms. The number of nitrogens with zero attached hydrogens (tertiary/aromatic N) is 6. The van der Waals surface area contributed by atoms with Crippen molar-refractivity contribution in [1.29, 1.82) is 0 Å². The first-order valence-electron chi connectivity index (χ1n) is 14.2. The maximum absolute atomic E-state index is 16.1. The van der Waals surface area contributed by atoms with Crippen LogP contribution in [0.4, 0.5) is 20.3 Å². The fourth-order valence-electron chi connectivity index (χ4n) is 5.78. The van der Waals surface area contributed by atoms with Crippen LogP contribution in [0.1, 0.15) is 32.4 Å². The van der Waals surface area contributed by atoms with Gasteiger partial charge in [0, 0.05) is 54.8 Å². The predicted molar refractivity (Wildman–Crippen MR) is 165 cm³/mol. The first kappa shape index (κ1) is 28.8. The van der Waals surface area contributed by atoms with Crippen LogP contribution in [-0.2, 0) is 4.79 Å². The number of rotatable bonds is 3. The molecule has 2 aliphatic rings. The highest BCUT2D eigenvalue weighted by molar-refractivity contribution is 7.99. The van der Waals surface area contributed by atoms with Crippen molar-refractivity contribution in [3.05, 3.63) is 77.0 Å². The topological polar surface area (TPSA) is 96.3 Å². The Labute approximate surface area is 251 Å². The van der Waals surface area contributed by atoms with Gasteiger partial charge in [-0.1, -0.05) is 26.5 Å². The number of aromatic nitrogens is 4. The molecular formula is C31H31F2N7O2S. The Hall–Kier alpha value is -4.32. The Bertz CT molecular complexity index is 1830. The molecule has 1 atom stereocenters.